The van der Waals surface area contributed by atoms with Gasteiger partial charge in [-0.1, -0.05) is 24.3 Å². The molecule has 0 fully saturated rings. The van der Waals surface area contributed by atoms with Crippen molar-refractivity contribution in [3.8, 4) is 16.9 Å². The third-order valence-electron chi connectivity index (χ3n) is 2.23. The molecule has 5 heteroatoms. The van der Waals surface area contributed by atoms with E-state index in [0.29, 0.717) is 11.1 Å². The van der Waals surface area contributed by atoms with Crippen molar-refractivity contribution in [2.24, 2.45) is 0 Å². The van der Waals surface area contributed by atoms with E-state index in [4.69, 9.17) is 0 Å². The third kappa shape index (κ3) is 3.23. The minimum absolute atomic E-state index is 0.329. The fraction of sp³-hybridized carbons (Fsp3) is 0.0769. The third-order valence-corrected chi connectivity index (χ3v) is 2.23. The molecular weight excluding hydrogens is 248 g/mol. The minimum Gasteiger partial charge on any atom is -0.406 e. The van der Waals surface area contributed by atoms with Crippen LogP contribution in [0.5, 0.6) is 5.75 Å². The van der Waals surface area contributed by atoms with Gasteiger partial charge in [-0.25, -0.2) is 4.39 Å². The Hall–Kier alpha value is -2.04. The SMILES string of the molecule is Fc1cccc(-c2cccc(OC(F)(F)F)c2)c1. The monoisotopic (exact) mass is 256 g/mol. The van der Waals surface area contributed by atoms with Gasteiger partial charge in [-0.15, -0.1) is 13.2 Å². The van der Waals surface area contributed by atoms with E-state index in [0.717, 1.165) is 0 Å². The van der Waals surface area contributed by atoms with Crippen LogP contribution >= 0.6 is 0 Å². The van der Waals surface area contributed by atoms with E-state index < -0.39 is 12.2 Å². The molecule has 0 spiro atoms. The lowest BCUT2D eigenvalue weighted by atomic mass is 10.1. The molecule has 94 valence electrons. The second kappa shape index (κ2) is 4.68. The molecule has 0 aliphatic carbocycles. The second-order valence-electron chi connectivity index (χ2n) is 3.59. The Morgan fingerprint density at radius 1 is 0.833 bits per heavy atom. The molecule has 0 N–H and O–H groups in total. The number of hydrogen-bond donors (Lipinski definition) is 0. The number of alkyl halides is 3. The van der Waals surface area contributed by atoms with Crippen LogP contribution < -0.4 is 4.74 Å². The van der Waals surface area contributed by atoms with E-state index in [1.807, 2.05) is 0 Å². The summed E-state index contributed by atoms with van der Waals surface area (Å²) in [5.74, 6) is -0.779. The Morgan fingerprint density at radius 2 is 1.44 bits per heavy atom. The standard InChI is InChI=1S/C13H8F4O/c14-11-5-1-3-9(7-11)10-4-2-6-12(8-10)18-13(15,16)17/h1-8H. The minimum atomic E-state index is -4.74. The number of rotatable bonds is 2. The van der Waals surface area contributed by atoms with Crippen molar-refractivity contribution in [3.63, 3.8) is 0 Å². The molecule has 0 heterocycles. The first-order valence-electron chi connectivity index (χ1n) is 5.06. The second-order valence-corrected chi connectivity index (χ2v) is 3.59. The van der Waals surface area contributed by atoms with Crippen LogP contribution in [0, 0.1) is 5.82 Å². The quantitative estimate of drug-likeness (QED) is 0.724. The summed E-state index contributed by atoms with van der Waals surface area (Å²) in [4.78, 5) is 0. The Balaban J connectivity index is 2.33. The van der Waals surface area contributed by atoms with E-state index in [1.54, 1.807) is 12.1 Å². The van der Waals surface area contributed by atoms with Gasteiger partial charge in [0, 0.05) is 0 Å². The van der Waals surface area contributed by atoms with E-state index in [2.05, 4.69) is 4.74 Å². The molecule has 1 nitrogen and oxygen atoms in total. The van der Waals surface area contributed by atoms with Crippen LogP contribution in [-0.4, -0.2) is 6.36 Å². The molecule has 0 aliphatic heterocycles. The fourth-order valence-electron chi connectivity index (χ4n) is 1.54. The lowest BCUT2D eigenvalue weighted by Crippen LogP contribution is -2.17. The summed E-state index contributed by atoms with van der Waals surface area (Å²) >= 11 is 0. The number of benzene rings is 2. The van der Waals surface area contributed by atoms with Crippen LogP contribution in [0.1, 0.15) is 0 Å². The lowest BCUT2D eigenvalue weighted by Gasteiger charge is -2.10. The molecule has 0 unspecified atom stereocenters. The molecular formula is C13H8F4O. The smallest absolute Gasteiger partial charge is 0.406 e. The van der Waals surface area contributed by atoms with Gasteiger partial charge in [-0.3, -0.25) is 0 Å². The van der Waals surface area contributed by atoms with Crippen LogP contribution in [-0.2, 0) is 0 Å². The first-order chi connectivity index (χ1) is 8.44. The molecule has 0 aliphatic rings. The molecule has 0 amide bonds. The van der Waals surface area contributed by atoms with Gasteiger partial charge in [-0.2, -0.15) is 0 Å². The zero-order valence-electron chi connectivity index (χ0n) is 9.04. The summed E-state index contributed by atoms with van der Waals surface area (Å²) in [5, 5.41) is 0. The largest absolute Gasteiger partial charge is 0.573 e. The van der Waals surface area contributed by atoms with Gasteiger partial charge in [0.15, 0.2) is 0 Å². The Bertz CT molecular complexity index is 549. The van der Waals surface area contributed by atoms with Crippen molar-refractivity contribution < 1.29 is 22.3 Å². The molecule has 0 saturated carbocycles. The first-order valence-corrected chi connectivity index (χ1v) is 5.06. The molecule has 0 atom stereocenters. The first kappa shape index (κ1) is 12.4. The summed E-state index contributed by atoms with van der Waals surface area (Å²) in [6.07, 6.45) is -4.74. The van der Waals surface area contributed by atoms with Crippen molar-refractivity contribution in [1.82, 2.24) is 0 Å². The topological polar surface area (TPSA) is 9.23 Å². The van der Waals surface area contributed by atoms with Gasteiger partial charge in [0.2, 0.25) is 0 Å². The van der Waals surface area contributed by atoms with Crippen LogP contribution in [0.3, 0.4) is 0 Å². The van der Waals surface area contributed by atoms with E-state index in [-0.39, 0.29) is 5.75 Å². The van der Waals surface area contributed by atoms with E-state index in [9.17, 15) is 17.6 Å². The van der Waals surface area contributed by atoms with Gasteiger partial charge < -0.3 is 4.74 Å². The summed E-state index contributed by atoms with van der Waals surface area (Å²) in [7, 11) is 0. The summed E-state index contributed by atoms with van der Waals surface area (Å²) < 4.78 is 53.0. The highest BCUT2D eigenvalue weighted by Crippen LogP contribution is 2.28. The molecule has 18 heavy (non-hydrogen) atoms. The molecule has 0 saturated heterocycles. The molecule has 0 radical (unpaired) electrons. The molecule has 0 aromatic heterocycles. The van der Waals surface area contributed by atoms with Crippen molar-refractivity contribution in [2.45, 2.75) is 6.36 Å². The maximum absolute atomic E-state index is 13.0. The van der Waals surface area contributed by atoms with Crippen molar-refractivity contribution >= 4 is 0 Å². The van der Waals surface area contributed by atoms with Crippen molar-refractivity contribution in [2.75, 3.05) is 0 Å². The summed E-state index contributed by atoms with van der Waals surface area (Å²) in [6.45, 7) is 0. The Kier molecular flexibility index (Phi) is 3.23. The number of hydrogen-bond acceptors (Lipinski definition) is 1. The molecule has 2 aromatic rings. The van der Waals surface area contributed by atoms with Crippen LogP contribution in [0.4, 0.5) is 17.6 Å². The predicted molar refractivity (Wildman–Crippen MR) is 58.5 cm³/mol. The Morgan fingerprint density at radius 3 is 2.06 bits per heavy atom. The maximum atomic E-state index is 13.0. The van der Waals surface area contributed by atoms with Gasteiger partial charge >= 0.3 is 6.36 Å². The number of ether oxygens (including phenoxy) is 1. The summed E-state index contributed by atoms with van der Waals surface area (Å²) in [5.41, 5.74) is 0.943. The van der Waals surface area contributed by atoms with E-state index >= 15 is 0 Å². The normalized spacial score (nSPS) is 11.3. The molecule has 0 bridgehead atoms. The highest BCUT2D eigenvalue weighted by Gasteiger charge is 2.31. The van der Waals surface area contributed by atoms with Gasteiger partial charge in [0.05, 0.1) is 0 Å². The fourth-order valence-corrected chi connectivity index (χ4v) is 1.54. The van der Waals surface area contributed by atoms with Crippen LogP contribution in [0.2, 0.25) is 0 Å². The van der Waals surface area contributed by atoms with Crippen LogP contribution in [0.15, 0.2) is 48.5 Å². The van der Waals surface area contributed by atoms with Crippen molar-refractivity contribution in [1.29, 1.82) is 0 Å². The lowest BCUT2D eigenvalue weighted by molar-refractivity contribution is -0.274. The highest BCUT2D eigenvalue weighted by molar-refractivity contribution is 5.64. The van der Waals surface area contributed by atoms with Gasteiger partial charge in [0.1, 0.15) is 11.6 Å². The Labute approximate surface area is 101 Å². The van der Waals surface area contributed by atoms with E-state index in [1.165, 1.54) is 36.4 Å². The number of halogens is 4. The molecule has 2 aromatic carbocycles. The average molecular weight is 256 g/mol. The van der Waals surface area contributed by atoms with Gasteiger partial charge in [-0.05, 0) is 35.4 Å². The van der Waals surface area contributed by atoms with Crippen LogP contribution in [0.25, 0.3) is 11.1 Å². The highest BCUT2D eigenvalue weighted by atomic mass is 19.4. The van der Waals surface area contributed by atoms with Crippen molar-refractivity contribution in [3.05, 3.63) is 54.3 Å². The van der Waals surface area contributed by atoms with Gasteiger partial charge in [0.25, 0.3) is 0 Å². The maximum Gasteiger partial charge on any atom is 0.573 e. The zero-order chi connectivity index (χ0) is 13.2. The molecule has 2 rings (SSSR count). The summed E-state index contributed by atoms with van der Waals surface area (Å²) in [6, 6.07) is 11.0. The predicted octanol–water partition coefficient (Wildman–Crippen LogP) is 4.39. The average Bonchev–Trinajstić information content (AvgIpc) is 2.27. The zero-order valence-corrected chi connectivity index (χ0v) is 9.04.